The molecule has 0 radical (unpaired) electrons. The second-order valence-electron chi connectivity index (χ2n) is 7.62. The van der Waals surface area contributed by atoms with Crippen LogP contribution in [0.1, 0.15) is 16.7 Å². The lowest BCUT2D eigenvalue weighted by Crippen LogP contribution is -2.54. The number of carbonyl (C=O) groups is 3. The summed E-state index contributed by atoms with van der Waals surface area (Å²) in [7, 11) is 0. The van der Waals surface area contributed by atoms with Gasteiger partial charge in [0.05, 0.1) is 15.2 Å². The number of nitrogens with zero attached hydrogens (tertiary/aromatic N) is 1. The average Bonchev–Trinajstić information content (AvgIpc) is 2.79. The second-order valence-corrected chi connectivity index (χ2v) is 10.2. The molecule has 0 bridgehead atoms. The predicted octanol–water partition coefficient (Wildman–Crippen LogP) is 7.07. The molecule has 0 aliphatic carbocycles. The molecule has 10 heteroatoms. The monoisotopic (exact) mass is 636 g/mol. The summed E-state index contributed by atoms with van der Waals surface area (Å²) < 4.78 is 7.36. The van der Waals surface area contributed by atoms with E-state index in [1.807, 2.05) is 24.3 Å². The zero-order valence-corrected chi connectivity index (χ0v) is 22.8. The Morgan fingerprint density at radius 2 is 1.69 bits per heavy atom. The zero-order valence-electron chi connectivity index (χ0n) is 18.1. The highest BCUT2D eigenvalue weighted by Crippen LogP contribution is 2.36. The summed E-state index contributed by atoms with van der Waals surface area (Å²) in [6.45, 7) is 2.09. The first kappa shape index (κ1) is 25.4. The maximum absolute atomic E-state index is 13.1. The highest BCUT2D eigenvalue weighted by molar-refractivity contribution is 9.10. The van der Waals surface area contributed by atoms with Gasteiger partial charge >= 0.3 is 6.03 Å². The molecule has 1 heterocycles. The summed E-state index contributed by atoms with van der Waals surface area (Å²) in [5.41, 5.74) is 2.22. The summed E-state index contributed by atoms with van der Waals surface area (Å²) in [5.74, 6) is -1.17. The van der Waals surface area contributed by atoms with Gasteiger partial charge in [-0.2, -0.15) is 0 Å². The first-order chi connectivity index (χ1) is 16.6. The van der Waals surface area contributed by atoms with E-state index in [-0.39, 0.29) is 16.3 Å². The number of imide groups is 2. The van der Waals surface area contributed by atoms with Gasteiger partial charge in [-0.05, 0) is 82.0 Å². The maximum atomic E-state index is 13.1. The van der Waals surface area contributed by atoms with E-state index < -0.39 is 17.8 Å². The number of benzene rings is 3. The van der Waals surface area contributed by atoms with Crippen molar-refractivity contribution in [2.45, 2.75) is 13.5 Å². The second kappa shape index (κ2) is 10.5. The molecular formula is C25H16Br2Cl2N2O4. The summed E-state index contributed by atoms with van der Waals surface area (Å²) in [4.78, 5) is 38.9. The van der Waals surface area contributed by atoms with Crippen LogP contribution in [0.2, 0.25) is 10.0 Å². The number of rotatable bonds is 5. The lowest BCUT2D eigenvalue weighted by molar-refractivity contribution is -0.122. The van der Waals surface area contributed by atoms with Gasteiger partial charge in [0, 0.05) is 9.50 Å². The third kappa shape index (κ3) is 5.62. The minimum Gasteiger partial charge on any atom is -0.486 e. The van der Waals surface area contributed by atoms with E-state index in [4.69, 9.17) is 27.9 Å². The fourth-order valence-corrected chi connectivity index (χ4v) is 4.74. The zero-order chi connectivity index (χ0) is 25.3. The van der Waals surface area contributed by atoms with Gasteiger partial charge in [-0.15, -0.1) is 0 Å². The molecule has 1 aliphatic heterocycles. The molecule has 0 unspecified atom stereocenters. The minimum atomic E-state index is -0.854. The van der Waals surface area contributed by atoms with Crippen LogP contribution in [0.5, 0.6) is 5.75 Å². The molecule has 1 saturated heterocycles. The lowest BCUT2D eigenvalue weighted by atomic mass is 10.1. The Morgan fingerprint density at radius 3 is 2.34 bits per heavy atom. The first-order valence-electron chi connectivity index (χ1n) is 10.2. The molecule has 178 valence electrons. The standard InChI is InChI=1S/C25H16Br2Cl2N2O4/c1-13-2-7-17(11-20(13)28)31-24(33)18(23(32)30-25(31)34)8-15-9-19(27)22(21(29)10-15)35-12-14-3-5-16(26)6-4-14/h2-11H,12H2,1H3,(H,30,32,34)/b18-8-. The van der Waals surface area contributed by atoms with Crippen molar-refractivity contribution in [2.75, 3.05) is 4.90 Å². The smallest absolute Gasteiger partial charge is 0.335 e. The largest absolute Gasteiger partial charge is 0.486 e. The Bertz CT molecular complexity index is 1370. The van der Waals surface area contributed by atoms with Crippen molar-refractivity contribution < 1.29 is 19.1 Å². The van der Waals surface area contributed by atoms with Crippen LogP contribution in [0.4, 0.5) is 10.5 Å². The molecule has 6 nitrogen and oxygen atoms in total. The third-order valence-corrected chi connectivity index (χ3v) is 6.95. The number of ether oxygens (including phenoxy) is 1. The highest BCUT2D eigenvalue weighted by atomic mass is 79.9. The third-order valence-electron chi connectivity index (χ3n) is 5.14. The number of halogens is 4. The van der Waals surface area contributed by atoms with Gasteiger partial charge in [0.25, 0.3) is 11.8 Å². The Kier molecular flexibility index (Phi) is 7.66. The number of barbiturate groups is 1. The normalized spacial score (nSPS) is 14.9. The van der Waals surface area contributed by atoms with Crippen molar-refractivity contribution in [3.63, 3.8) is 0 Å². The number of hydrogen-bond donors (Lipinski definition) is 1. The molecule has 1 aliphatic rings. The van der Waals surface area contributed by atoms with Crippen LogP contribution in [-0.4, -0.2) is 17.8 Å². The van der Waals surface area contributed by atoms with Gasteiger partial charge < -0.3 is 4.74 Å². The van der Waals surface area contributed by atoms with Crippen LogP contribution in [0.25, 0.3) is 6.08 Å². The number of aryl methyl sites for hydroxylation is 1. The van der Waals surface area contributed by atoms with Gasteiger partial charge in [0.15, 0.2) is 5.75 Å². The number of urea groups is 1. The van der Waals surface area contributed by atoms with Crippen molar-refractivity contribution >= 4 is 84.7 Å². The number of carbonyl (C=O) groups excluding carboxylic acids is 3. The summed E-state index contributed by atoms with van der Waals surface area (Å²) in [6.07, 6.45) is 1.36. The molecule has 1 N–H and O–H groups in total. The van der Waals surface area contributed by atoms with Gasteiger partial charge in [0.1, 0.15) is 12.2 Å². The predicted molar refractivity (Wildman–Crippen MR) is 143 cm³/mol. The Hall–Kier alpha value is -2.65. The molecule has 35 heavy (non-hydrogen) atoms. The molecule has 0 saturated carbocycles. The number of nitrogens with one attached hydrogen (secondary N) is 1. The van der Waals surface area contributed by atoms with Gasteiger partial charge in [-0.1, -0.05) is 57.3 Å². The van der Waals surface area contributed by atoms with E-state index in [2.05, 4.69) is 37.2 Å². The topological polar surface area (TPSA) is 75.7 Å². The summed E-state index contributed by atoms with van der Waals surface area (Å²) in [5, 5.41) is 2.86. The maximum Gasteiger partial charge on any atom is 0.335 e. The van der Waals surface area contributed by atoms with Crippen molar-refractivity contribution in [3.8, 4) is 5.75 Å². The van der Waals surface area contributed by atoms with E-state index >= 15 is 0 Å². The molecule has 4 amide bonds. The number of anilines is 1. The number of amides is 4. The fourth-order valence-electron chi connectivity index (χ4n) is 3.32. The minimum absolute atomic E-state index is 0.229. The van der Waals surface area contributed by atoms with Crippen molar-refractivity contribution in [2.24, 2.45) is 0 Å². The van der Waals surface area contributed by atoms with Crippen molar-refractivity contribution in [1.29, 1.82) is 0 Å². The summed E-state index contributed by atoms with van der Waals surface area (Å²) >= 11 is 19.4. The Morgan fingerprint density at radius 1 is 0.971 bits per heavy atom. The molecule has 4 rings (SSSR count). The Balaban J connectivity index is 1.61. The molecule has 1 fully saturated rings. The quantitative estimate of drug-likeness (QED) is 0.240. The van der Waals surface area contributed by atoms with Gasteiger partial charge in [0.2, 0.25) is 0 Å². The van der Waals surface area contributed by atoms with Crippen molar-refractivity contribution in [3.05, 3.63) is 95.9 Å². The van der Waals surface area contributed by atoms with Crippen LogP contribution < -0.4 is 15.0 Å². The van der Waals surface area contributed by atoms with Crippen LogP contribution >= 0.6 is 55.1 Å². The van der Waals surface area contributed by atoms with Crippen molar-refractivity contribution in [1.82, 2.24) is 5.32 Å². The molecule has 0 spiro atoms. The fraction of sp³-hybridized carbons (Fsp3) is 0.0800. The SMILES string of the molecule is Cc1ccc(N2C(=O)NC(=O)/C(=C/c3cc(Cl)c(OCc4ccc(Br)cc4)c(Br)c3)C2=O)cc1Cl. The number of hydrogen-bond acceptors (Lipinski definition) is 4. The van der Waals surface area contributed by atoms with Crippen LogP contribution in [-0.2, 0) is 16.2 Å². The van der Waals surface area contributed by atoms with Gasteiger partial charge in [-0.25, -0.2) is 9.69 Å². The molecule has 0 atom stereocenters. The van der Waals surface area contributed by atoms with Crippen LogP contribution in [0.3, 0.4) is 0 Å². The van der Waals surface area contributed by atoms with Gasteiger partial charge in [-0.3, -0.25) is 14.9 Å². The van der Waals surface area contributed by atoms with E-state index in [1.54, 1.807) is 31.2 Å². The molecule has 0 aromatic heterocycles. The van der Waals surface area contributed by atoms with E-state index in [0.717, 1.165) is 20.5 Å². The van der Waals surface area contributed by atoms with E-state index in [0.29, 0.717) is 27.4 Å². The molecular weight excluding hydrogens is 623 g/mol. The van der Waals surface area contributed by atoms with E-state index in [9.17, 15) is 14.4 Å². The highest BCUT2D eigenvalue weighted by Gasteiger charge is 2.37. The Labute approximate surface area is 228 Å². The lowest BCUT2D eigenvalue weighted by Gasteiger charge is -2.26. The van der Waals surface area contributed by atoms with Crippen LogP contribution in [0, 0.1) is 6.92 Å². The average molecular weight is 639 g/mol. The van der Waals surface area contributed by atoms with Crippen LogP contribution in [0.15, 0.2) is 69.1 Å². The molecule has 3 aromatic rings. The molecule has 3 aromatic carbocycles. The summed E-state index contributed by atoms with van der Waals surface area (Å²) in [6, 6.07) is 14.8. The van der Waals surface area contributed by atoms with E-state index in [1.165, 1.54) is 12.1 Å². The first-order valence-corrected chi connectivity index (χ1v) is 12.5.